The number of ether oxygens (including phenoxy) is 2. The lowest BCUT2D eigenvalue weighted by Crippen LogP contribution is -2.57. The number of nitriles is 1. The summed E-state index contributed by atoms with van der Waals surface area (Å²) in [7, 11) is 0. The van der Waals surface area contributed by atoms with Crippen LogP contribution >= 0.6 is 0 Å². The third-order valence-electron chi connectivity index (χ3n) is 10.2. The Hall–Kier alpha value is -3.72. The van der Waals surface area contributed by atoms with Gasteiger partial charge in [0.2, 0.25) is 17.7 Å². The second kappa shape index (κ2) is 12.0. The van der Waals surface area contributed by atoms with Crippen molar-refractivity contribution in [2.24, 2.45) is 29.1 Å². The lowest BCUT2D eigenvalue weighted by atomic mass is 9.95. The number of carbonyl (C=O) groups is 4. The molecule has 1 aromatic rings. The van der Waals surface area contributed by atoms with Crippen LogP contribution in [0.4, 0.5) is 10.1 Å². The normalized spacial score (nSPS) is 28.3. The molecule has 2 saturated heterocycles. The van der Waals surface area contributed by atoms with E-state index in [4.69, 9.17) is 9.47 Å². The molecule has 11 nitrogen and oxygen atoms in total. The van der Waals surface area contributed by atoms with Crippen molar-refractivity contribution in [3.05, 3.63) is 24.0 Å². The highest BCUT2D eigenvalue weighted by molar-refractivity contribution is 5.98. The molecule has 0 aromatic heterocycles. The minimum atomic E-state index is -1.07. The first kappa shape index (κ1) is 30.3. The molecule has 0 spiro atoms. The maximum absolute atomic E-state index is 14.0. The Balaban J connectivity index is 1.13. The largest absolute Gasteiger partial charge is 0.478 e. The van der Waals surface area contributed by atoms with E-state index < -0.39 is 41.9 Å². The molecule has 3 N–H and O–H groups in total. The summed E-state index contributed by atoms with van der Waals surface area (Å²) >= 11 is 0. The minimum absolute atomic E-state index is 0.0821. The van der Waals surface area contributed by atoms with Gasteiger partial charge < -0.3 is 30.3 Å². The lowest BCUT2D eigenvalue weighted by Gasteiger charge is -2.34. The van der Waals surface area contributed by atoms with Gasteiger partial charge in [-0.1, -0.05) is 26.7 Å². The fourth-order valence-electron chi connectivity index (χ4n) is 7.28. The second-order valence-electron chi connectivity index (χ2n) is 13.6. The summed E-state index contributed by atoms with van der Waals surface area (Å²) < 4.78 is 24.7. The zero-order valence-electron chi connectivity index (χ0n) is 25.1. The van der Waals surface area contributed by atoms with E-state index in [1.165, 1.54) is 12.1 Å². The van der Waals surface area contributed by atoms with Gasteiger partial charge in [0.25, 0.3) is 5.91 Å². The Morgan fingerprint density at radius 1 is 1.14 bits per heavy atom. The molecular formula is C32H40FN5O6. The van der Waals surface area contributed by atoms with E-state index in [9.17, 15) is 28.8 Å². The topological polar surface area (TPSA) is 150 Å². The monoisotopic (exact) mass is 609 g/mol. The first-order chi connectivity index (χ1) is 21.0. The van der Waals surface area contributed by atoms with Gasteiger partial charge in [-0.2, -0.15) is 5.26 Å². The number of likely N-dealkylation sites (tertiary alicyclic amines) is 1. The number of anilines is 1. The summed E-state index contributed by atoms with van der Waals surface area (Å²) in [5.41, 5.74) is 0.0522. The maximum Gasteiger partial charge on any atom is 0.265 e. The van der Waals surface area contributed by atoms with E-state index in [2.05, 4.69) is 35.9 Å². The number of rotatable bonds is 10. The molecule has 4 amide bonds. The van der Waals surface area contributed by atoms with Crippen LogP contribution in [0.3, 0.4) is 0 Å². The Kier molecular flexibility index (Phi) is 8.26. The van der Waals surface area contributed by atoms with E-state index in [0.29, 0.717) is 38.5 Å². The summed E-state index contributed by atoms with van der Waals surface area (Å²) in [4.78, 5) is 55.1. The van der Waals surface area contributed by atoms with Gasteiger partial charge in [0.1, 0.15) is 29.7 Å². The van der Waals surface area contributed by atoms with Crippen LogP contribution in [-0.4, -0.2) is 72.5 Å². The second-order valence-corrected chi connectivity index (χ2v) is 13.6. The van der Waals surface area contributed by atoms with Crippen LogP contribution in [0.25, 0.3) is 0 Å². The average molecular weight is 610 g/mol. The van der Waals surface area contributed by atoms with Crippen LogP contribution in [0.1, 0.15) is 58.8 Å². The molecule has 0 bridgehead atoms. The van der Waals surface area contributed by atoms with Crippen molar-refractivity contribution in [2.45, 2.75) is 83.0 Å². The van der Waals surface area contributed by atoms with Gasteiger partial charge in [0.15, 0.2) is 6.10 Å². The highest BCUT2D eigenvalue weighted by Gasteiger charge is 2.69. The Morgan fingerprint density at radius 3 is 2.59 bits per heavy atom. The fourth-order valence-corrected chi connectivity index (χ4v) is 7.28. The third-order valence-corrected chi connectivity index (χ3v) is 10.2. The fraction of sp³-hybridized carbons (Fsp3) is 0.656. The number of hydrogen-bond donors (Lipinski definition) is 3. The van der Waals surface area contributed by atoms with Gasteiger partial charge in [-0.25, -0.2) is 4.39 Å². The van der Waals surface area contributed by atoms with E-state index in [1.54, 1.807) is 4.90 Å². The summed E-state index contributed by atoms with van der Waals surface area (Å²) in [6.07, 6.45) is 3.36. The Labute approximate surface area is 256 Å². The van der Waals surface area contributed by atoms with E-state index in [1.807, 2.05) is 0 Å². The van der Waals surface area contributed by atoms with Gasteiger partial charge in [-0.3, -0.25) is 19.2 Å². The van der Waals surface area contributed by atoms with Gasteiger partial charge in [-0.05, 0) is 60.5 Å². The van der Waals surface area contributed by atoms with Crippen molar-refractivity contribution in [1.29, 1.82) is 5.26 Å². The number of fused-ring (bicyclic) bond motifs is 2. The highest BCUT2D eigenvalue weighted by atomic mass is 19.1. The van der Waals surface area contributed by atoms with E-state index in [0.717, 1.165) is 31.7 Å². The molecule has 12 heteroatoms. The standard InChI is InChI=1S/C32H40FN5O6/c1-32(2)21-16-38(31(42)23(11-17-3-4-17)36-26(39)12-18-7-9-43-10-8-18)28(27(21)32)30(41)35-20(15-34)14-25-29(40)37-22-13-19(33)5-6-24(22)44-25/h5-6,13,17-18,20-21,23,25,27-28H,3-4,7-12,14,16H2,1-2H3,(H,35,41)(H,36,39)(H,37,40)/t20-,21-,23-,25-,27-,28-/m0/s1. The van der Waals surface area contributed by atoms with Crippen LogP contribution in [0.15, 0.2) is 18.2 Å². The molecule has 3 heterocycles. The zero-order valence-corrected chi connectivity index (χ0v) is 25.1. The maximum atomic E-state index is 14.0. The minimum Gasteiger partial charge on any atom is -0.478 e. The van der Waals surface area contributed by atoms with Gasteiger partial charge >= 0.3 is 0 Å². The van der Waals surface area contributed by atoms with Gasteiger partial charge in [0, 0.05) is 38.7 Å². The molecule has 6 rings (SSSR count). The molecule has 3 aliphatic heterocycles. The first-order valence-corrected chi connectivity index (χ1v) is 15.7. The molecule has 4 fully saturated rings. The summed E-state index contributed by atoms with van der Waals surface area (Å²) in [5.74, 6) is -1.01. The summed E-state index contributed by atoms with van der Waals surface area (Å²) in [6.45, 7) is 5.83. The molecule has 0 unspecified atom stereocenters. The van der Waals surface area contributed by atoms with Crippen LogP contribution in [-0.2, 0) is 23.9 Å². The van der Waals surface area contributed by atoms with Crippen LogP contribution < -0.4 is 20.7 Å². The van der Waals surface area contributed by atoms with Crippen molar-refractivity contribution in [3.8, 4) is 11.8 Å². The molecule has 236 valence electrons. The molecule has 2 saturated carbocycles. The SMILES string of the molecule is CC1(C)[C@@H]2[C@@H](C(=O)N[C@H](C#N)C[C@@H]3Oc4ccc(F)cc4NC3=O)N(C(=O)[C@H](CC3CC3)NC(=O)CC3CCOCC3)C[C@@H]21. The number of benzene rings is 1. The van der Waals surface area contributed by atoms with Crippen molar-refractivity contribution >= 4 is 29.3 Å². The quantitative estimate of drug-likeness (QED) is 0.369. The number of carbonyl (C=O) groups excluding carboxylic acids is 4. The molecule has 2 aliphatic carbocycles. The highest BCUT2D eigenvalue weighted by Crippen LogP contribution is 2.65. The van der Waals surface area contributed by atoms with Gasteiger partial charge in [0.05, 0.1) is 11.8 Å². The summed E-state index contributed by atoms with van der Waals surface area (Å²) in [6, 6.07) is 3.24. The van der Waals surface area contributed by atoms with Crippen LogP contribution in [0, 0.1) is 46.2 Å². The number of halogens is 1. The number of piperidine rings is 1. The van der Waals surface area contributed by atoms with Gasteiger partial charge in [-0.15, -0.1) is 0 Å². The van der Waals surface area contributed by atoms with Crippen LogP contribution in [0.5, 0.6) is 5.75 Å². The summed E-state index contributed by atoms with van der Waals surface area (Å²) in [5, 5.41) is 18.3. The Morgan fingerprint density at radius 2 is 1.89 bits per heavy atom. The predicted molar refractivity (Wildman–Crippen MR) is 155 cm³/mol. The average Bonchev–Trinajstić information content (AvgIpc) is 3.84. The third kappa shape index (κ3) is 6.25. The smallest absolute Gasteiger partial charge is 0.265 e. The van der Waals surface area contributed by atoms with E-state index >= 15 is 0 Å². The van der Waals surface area contributed by atoms with Crippen molar-refractivity contribution < 1.29 is 33.0 Å². The van der Waals surface area contributed by atoms with Crippen molar-refractivity contribution in [1.82, 2.24) is 15.5 Å². The molecule has 6 atom stereocenters. The molecule has 5 aliphatic rings. The number of nitrogens with one attached hydrogen (secondary N) is 3. The number of amides is 4. The van der Waals surface area contributed by atoms with E-state index in [-0.39, 0.29) is 52.8 Å². The number of nitrogens with zero attached hydrogens (tertiary/aromatic N) is 2. The molecule has 1 aromatic carbocycles. The van der Waals surface area contributed by atoms with Crippen molar-refractivity contribution in [3.63, 3.8) is 0 Å². The lowest BCUT2D eigenvalue weighted by molar-refractivity contribution is -0.143. The Bertz CT molecular complexity index is 1370. The van der Waals surface area contributed by atoms with Crippen LogP contribution in [0.2, 0.25) is 0 Å². The number of hydrogen-bond acceptors (Lipinski definition) is 7. The molecule has 44 heavy (non-hydrogen) atoms. The zero-order chi connectivity index (χ0) is 31.2. The van der Waals surface area contributed by atoms with Crippen molar-refractivity contribution in [2.75, 3.05) is 25.1 Å². The predicted octanol–water partition coefficient (Wildman–Crippen LogP) is 2.51. The molecular weight excluding hydrogens is 569 g/mol. The molecule has 0 radical (unpaired) electrons. The first-order valence-electron chi connectivity index (χ1n) is 15.7.